The maximum Gasteiger partial charge on any atom is 0.317 e. The van der Waals surface area contributed by atoms with Crippen LogP contribution in [0.25, 0.3) is 0 Å². The van der Waals surface area contributed by atoms with Gasteiger partial charge in [0.05, 0.1) is 6.04 Å². The highest BCUT2D eigenvalue weighted by molar-refractivity contribution is 5.74. The Morgan fingerprint density at radius 2 is 1.94 bits per heavy atom. The average Bonchev–Trinajstić information content (AvgIpc) is 2.40. The Morgan fingerprint density at radius 1 is 1.29 bits per heavy atom. The molecule has 1 atom stereocenters. The van der Waals surface area contributed by atoms with Crippen molar-refractivity contribution in [2.24, 2.45) is 0 Å². The molecule has 1 aliphatic heterocycles. The van der Waals surface area contributed by atoms with Crippen molar-refractivity contribution in [2.45, 2.75) is 13.0 Å². The van der Waals surface area contributed by atoms with E-state index >= 15 is 0 Å². The average molecular weight is 233 g/mol. The SMILES string of the molecule is CC(NC(=O)N1CCNCC1)c1ccccc1. The third-order valence-corrected chi connectivity index (χ3v) is 3.04. The Labute approximate surface area is 102 Å². The zero-order valence-corrected chi connectivity index (χ0v) is 10.1. The molecule has 1 fully saturated rings. The maximum atomic E-state index is 12.0. The molecule has 1 aromatic rings. The zero-order chi connectivity index (χ0) is 12.1. The number of rotatable bonds is 2. The summed E-state index contributed by atoms with van der Waals surface area (Å²) in [4.78, 5) is 13.8. The topological polar surface area (TPSA) is 44.4 Å². The maximum absolute atomic E-state index is 12.0. The van der Waals surface area contributed by atoms with Crippen LogP contribution in [0.15, 0.2) is 30.3 Å². The molecular formula is C13H19N3O. The molecule has 0 saturated carbocycles. The molecule has 1 heterocycles. The number of nitrogens with one attached hydrogen (secondary N) is 2. The predicted octanol–water partition coefficient (Wildman–Crippen LogP) is 1.36. The molecule has 2 rings (SSSR count). The molecule has 1 aromatic carbocycles. The number of benzene rings is 1. The van der Waals surface area contributed by atoms with Gasteiger partial charge in [-0.05, 0) is 12.5 Å². The lowest BCUT2D eigenvalue weighted by Crippen LogP contribution is -2.50. The number of amides is 2. The van der Waals surface area contributed by atoms with Gasteiger partial charge in [0.1, 0.15) is 0 Å². The summed E-state index contributed by atoms with van der Waals surface area (Å²) < 4.78 is 0. The van der Waals surface area contributed by atoms with Crippen LogP contribution < -0.4 is 10.6 Å². The van der Waals surface area contributed by atoms with Crippen LogP contribution in [0.5, 0.6) is 0 Å². The first-order valence-corrected chi connectivity index (χ1v) is 6.08. The van der Waals surface area contributed by atoms with Crippen LogP contribution in [0, 0.1) is 0 Å². The van der Waals surface area contributed by atoms with Crippen LogP contribution in [0.4, 0.5) is 4.79 Å². The van der Waals surface area contributed by atoms with E-state index < -0.39 is 0 Å². The fourth-order valence-electron chi connectivity index (χ4n) is 1.97. The van der Waals surface area contributed by atoms with E-state index in [4.69, 9.17) is 0 Å². The minimum atomic E-state index is 0.0304. The van der Waals surface area contributed by atoms with Gasteiger partial charge in [0.25, 0.3) is 0 Å². The van der Waals surface area contributed by atoms with Crippen LogP contribution in [0.3, 0.4) is 0 Å². The lowest BCUT2D eigenvalue weighted by molar-refractivity contribution is 0.187. The Hall–Kier alpha value is -1.55. The van der Waals surface area contributed by atoms with Crippen molar-refractivity contribution in [1.82, 2.24) is 15.5 Å². The number of piperazine rings is 1. The highest BCUT2D eigenvalue weighted by Crippen LogP contribution is 2.11. The number of hydrogen-bond acceptors (Lipinski definition) is 2. The van der Waals surface area contributed by atoms with Gasteiger partial charge < -0.3 is 15.5 Å². The fourth-order valence-corrected chi connectivity index (χ4v) is 1.97. The highest BCUT2D eigenvalue weighted by atomic mass is 16.2. The van der Waals surface area contributed by atoms with Crippen LogP contribution >= 0.6 is 0 Å². The van der Waals surface area contributed by atoms with Crippen molar-refractivity contribution < 1.29 is 4.79 Å². The van der Waals surface area contributed by atoms with E-state index in [1.807, 2.05) is 42.2 Å². The van der Waals surface area contributed by atoms with Crippen LogP contribution in [-0.2, 0) is 0 Å². The van der Waals surface area contributed by atoms with Gasteiger partial charge in [0, 0.05) is 26.2 Å². The molecule has 0 radical (unpaired) electrons. The molecule has 1 unspecified atom stereocenters. The van der Waals surface area contributed by atoms with Gasteiger partial charge in [-0.15, -0.1) is 0 Å². The standard InChI is InChI=1S/C13H19N3O/c1-11(12-5-3-2-4-6-12)15-13(17)16-9-7-14-8-10-16/h2-6,11,14H,7-10H2,1H3,(H,15,17). The molecular weight excluding hydrogens is 214 g/mol. The molecule has 0 aromatic heterocycles. The third-order valence-electron chi connectivity index (χ3n) is 3.04. The van der Waals surface area contributed by atoms with Gasteiger partial charge in [-0.1, -0.05) is 30.3 Å². The summed E-state index contributed by atoms with van der Waals surface area (Å²) in [5.74, 6) is 0. The Bertz CT molecular complexity index is 360. The molecule has 0 bridgehead atoms. The first-order chi connectivity index (χ1) is 8.27. The van der Waals surface area contributed by atoms with Crippen molar-refractivity contribution in [1.29, 1.82) is 0 Å². The summed E-state index contributed by atoms with van der Waals surface area (Å²) in [5, 5.41) is 6.26. The van der Waals surface area contributed by atoms with Crippen LogP contribution in [0.2, 0.25) is 0 Å². The summed E-state index contributed by atoms with van der Waals surface area (Å²) in [6.45, 7) is 5.34. The largest absolute Gasteiger partial charge is 0.331 e. The number of carbonyl (C=O) groups is 1. The molecule has 2 amide bonds. The normalized spacial score (nSPS) is 17.6. The minimum Gasteiger partial charge on any atom is -0.331 e. The lowest BCUT2D eigenvalue weighted by atomic mass is 10.1. The van der Waals surface area contributed by atoms with Gasteiger partial charge in [0.2, 0.25) is 0 Å². The summed E-state index contributed by atoms with van der Waals surface area (Å²) in [7, 11) is 0. The molecule has 4 heteroatoms. The Morgan fingerprint density at radius 3 is 2.59 bits per heavy atom. The van der Waals surface area contributed by atoms with Crippen molar-refractivity contribution >= 4 is 6.03 Å². The van der Waals surface area contributed by atoms with Crippen molar-refractivity contribution in [3.8, 4) is 0 Å². The summed E-state index contributed by atoms with van der Waals surface area (Å²) in [6.07, 6.45) is 0. The van der Waals surface area contributed by atoms with E-state index in [1.54, 1.807) is 0 Å². The highest BCUT2D eigenvalue weighted by Gasteiger charge is 2.17. The molecule has 4 nitrogen and oxygen atoms in total. The minimum absolute atomic E-state index is 0.0304. The van der Waals surface area contributed by atoms with Gasteiger partial charge in [-0.25, -0.2) is 4.79 Å². The smallest absolute Gasteiger partial charge is 0.317 e. The van der Waals surface area contributed by atoms with E-state index in [1.165, 1.54) is 0 Å². The molecule has 1 saturated heterocycles. The van der Waals surface area contributed by atoms with Gasteiger partial charge in [-0.2, -0.15) is 0 Å². The molecule has 17 heavy (non-hydrogen) atoms. The third kappa shape index (κ3) is 3.20. The number of carbonyl (C=O) groups excluding carboxylic acids is 1. The lowest BCUT2D eigenvalue weighted by Gasteiger charge is -2.29. The summed E-state index contributed by atoms with van der Waals surface area (Å²) >= 11 is 0. The second-order valence-electron chi connectivity index (χ2n) is 4.32. The first-order valence-electron chi connectivity index (χ1n) is 6.08. The molecule has 92 valence electrons. The van der Waals surface area contributed by atoms with Gasteiger partial charge >= 0.3 is 6.03 Å². The monoisotopic (exact) mass is 233 g/mol. The number of hydrogen-bond donors (Lipinski definition) is 2. The second kappa shape index (κ2) is 5.68. The Kier molecular flexibility index (Phi) is 3.98. The van der Waals surface area contributed by atoms with E-state index in [0.29, 0.717) is 0 Å². The summed E-state index contributed by atoms with van der Waals surface area (Å²) in [6, 6.07) is 10.1. The van der Waals surface area contributed by atoms with Crippen molar-refractivity contribution in [2.75, 3.05) is 26.2 Å². The molecule has 0 aliphatic carbocycles. The van der Waals surface area contributed by atoms with E-state index in [2.05, 4.69) is 10.6 Å². The summed E-state index contributed by atoms with van der Waals surface area (Å²) in [5.41, 5.74) is 1.14. The quantitative estimate of drug-likeness (QED) is 0.810. The van der Waals surface area contributed by atoms with Gasteiger partial charge in [0.15, 0.2) is 0 Å². The molecule has 0 spiro atoms. The predicted molar refractivity (Wildman–Crippen MR) is 67.8 cm³/mol. The van der Waals surface area contributed by atoms with E-state index in [0.717, 1.165) is 31.7 Å². The Balaban J connectivity index is 1.89. The van der Waals surface area contributed by atoms with Crippen LogP contribution in [-0.4, -0.2) is 37.1 Å². The van der Waals surface area contributed by atoms with E-state index in [-0.39, 0.29) is 12.1 Å². The fraction of sp³-hybridized carbons (Fsp3) is 0.462. The van der Waals surface area contributed by atoms with Gasteiger partial charge in [-0.3, -0.25) is 0 Å². The zero-order valence-electron chi connectivity index (χ0n) is 10.1. The van der Waals surface area contributed by atoms with Crippen molar-refractivity contribution in [3.05, 3.63) is 35.9 Å². The molecule has 2 N–H and O–H groups in total. The van der Waals surface area contributed by atoms with E-state index in [9.17, 15) is 4.79 Å². The van der Waals surface area contributed by atoms with Crippen molar-refractivity contribution in [3.63, 3.8) is 0 Å². The molecule has 1 aliphatic rings. The number of nitrogens with zero attached hydrogens (tertiary/aromatic N) is 1. The second-order valence-corrected chi connectivity index (χ2v) is 4.32. The first kappa shape index (κ1) is 11.9. The number of urea groups is 1. The van der Waals surface area contributed by atoms with Crippen LogP contribution in [0.1, 0.15) is 18.5 Å².